The summed E-state index contributed by atoms with van der Waals surface area (Å²) < 4.78 is 0. The van der Waals surface area contributed by atoms with E-state index in [2.05, 4.69) is 0 Å². The van der Waals surface area contributed by atoms with Gasteiger partial charge in [0, 0.05) is 11.8 Å². The van der Waals surface area contributed by atoms with Crippen molar-refractivity contribution in [1.82, 2.24) is 4.90 Å². The van der Waals surface area contributed by atoms with Crippen LogP contribution in [0.3, 0.4) is 0 Å². The quantitative estimate of drug-likeness (QED) is 0.349. The number of carbonyl (C=O) groups excluding carboxylic acids is 3. The van der Waals surface area contributed by atoms with Crippen molar-refractivity contribution in [1.29, 1.82) is 0 Å². The largest absolute Gasteiger partial charge is 0.306 e. The minimum atomic E-state index is -0.839. The fourth-order valence-electron chi connectivity index (χ4n) is 3.53. The highest BCUT2D eigenvalue weighted by Gasteiger charge is 2.42. The molecular formula is C23H17N3O5. The lowest BCUT2D eigenvalue weighted by Gasteiger charge is -2.25. The average Bonchev–Trinajstić information content (AvgIpc) is 3.03. The van der Waals surface area contributed by atoms with Crippen LogP contribution < -0.4 is 4.90 Å². The normalized spacial score (nSPS) is 12.6. The first kappa shape index (κ1) is 20.0. The van der Waals surface area contributed by atoms with Gasteiger partial charge in [0.25, 0.3) is 17.5 Å². The Morgan fingerprint density at radius 2 is 1.52 bits per heavy atom. The third-order valence-corrected chi connectivity index (χ3v) is 5.02. The topological polar surface area (TPSA) is 101 Å². The van der Waals surface area contributed by atoms with E-state index in [1.165, 1.54) is 23.1 Å². The molecule has 8 heteroatoms. The highest BCUT2D eigenvalue weighted by molar-refractivity contribution is 6.24. The van der Waals surface area contributed by atoms with Crippen LogP contribution in [-0.2, 0) is 11.3 Å². The fraction of sp³-hybridized carbons (Fsp3) is 0.0870. The molecule has 0 N–H and O–H groups in total. The second kappa shape index (κ2) is 8.19. The molecule has 1 aliphatic rings. The van der Waals surface area contributed by atoms with Crippen LogP contribution in [0.4, 0.5) is 11.4 Å². The molecule has 8 nitrogen and oxygen atoms in total. The van der Waals surface area contributed by atoms with E-state index in [1.807, 2.05) is 36.4 Å². The van der Waals surface area contributed by atoms with Crippen molar-refractivity contribution in [2.24, 2.45) is 0 Å². The van der Waals surface area contributed by atoms with Crippen LogP contribution in [0.5, 0.6) is 0 Å². The van der Waals surface area contributed by atoms with Gasteiger partial charge in [-0.3, -0.25) is 29.4 Å². The first-order chi connectivity index (χ1) is 15.0. The Labute approximate surface area is 177 Å². The number of nitro groups is 1. The van der Waals surface area contributed by atoms with Crippen molar-refractivity contribution in [2.45, 2.75) is 6.54 Å². The number of benzene rings is 3. The second-order valence-electron chi connectivity index (χ2n) is 6.95. The maximum atomic E-state index is 13.2. The molecule has 3 aromatic carbocycles. The van der Waals surface area contributed by atoms with Crippen LogP contribution in [-0.4, -0.2) is 34.1 Å². The maximum absolute atomic E-state index is 13.2. The smallest absolute Gasteiger partial charge is 0.282 e. The van der Waals surface area contributed by atoms with Crippen LogP contribution in [0.2, 0.25) is 0 Å². The molecule has 0 aromatic heterocycles. The predicted octanol–water partition coefficient (Wildman–Crippen LogP) is 3.42. The summed E-state index contributed by atoms with van der Waals surface area (Å²) in [5, 5.41) is 11.3. The zero-order chi connectivity index (χ0) is 22.0. The lowest BCUT2D eigenvalue weighted by Crippen LogP contribution is -2.42. The number of fused-ring (bicyclic) bond motifs is 1. The Kier molecular flexibility index (Phi) is 5.28. The Hall–Kier alpha value is -4.33. The first-order valence-corrected chi connectivity index (χ1v) is 9.50. The molecule has 1 heterocycles. The van der Waals surface area contributed by atoms with Gasteiger partial charge in [0.2, 0.25) is 5.91 Å². The van der Waals surface area contributed by atoms with Crippen molar-refractivity contribution in [2.75, 3.05) is 11.4 Å². The molecule has 154 valence electrons. The van der Waals surface area contributed by atoms with Crippen LogP contribution in [0.15, 0.2) is 78.9 Å². The summed E-state index contributed by atoms with van der Waals surface area (Å²) >= 11 is 0. The molecule has 0 radical (unpaired) electrons. The molecule has 0 saturated heterocycles. The molecule has 4 rings (SSSR count). The van der Waals surface area contributed by atoms with Gasteiger partial charge in [-0.1, -0.05) is 54.6 Å². The number of nitro benzene ring substituents is 1. The summed E-state index contributed by atoms with van der Waals surface area (Å²) in [7, 11) is 0. The van der Waals surface area contributed by atoms with Gasteiger partial charge in [0.15, 0.2) is 0 Å². The number of carbonyl (C=O) groups is 3. The van der Waals surface area contributed by atoms with Gasteiger partial charge >= 0.3 is 0 Å². The van der Waals surface area contributed by atoms with E-state index in [-0.39, 0.29) is 17.7 Å². The lowest BCUT2D eigenvalue weighted by molar-refractivity contribution is -0.385. The number of rotatable bonds is 6. The van der Waals surface area contributed by atoms with Crippen LogP contribution in [0.1, 0.15) is 26.3 Å². The Morgan fingerprint density at radius 3 is 2.16 bits per heavy atom. The minimum Gasteiger partial charge on any atom is -0.306 e. The number of amides is 3. The summed E-state index contributed by atoms with van der Waals surface area (Å²) in [4.78, 5) is 51.6. The third kappa shape index (κ3) is 3.78. The third-order valence-electron chi connectivity index (χ3n) is 5.02. The molecule has 0 fully saturated rings. The molecular weight excluding hydrogens is 398 g/mol. The number of anilines is 1. The predicted molar refractivity (Wildman–Crippen MR) is 113 cm³/mol. The number of imide groups is 1. The van der Waals surface area contributed by atoms with E-state index in [4.69, 9.17) is 0 Å². The van der Waals surface area contributed by atoms with Gasteiger partial charge in [0.1, 0.15) is 12.1 Å². The van der Waals surface area contributed by atoms with E-state index in [0.29, 0.717) is 5.69 Å². The van der Waals surface area contributed by atoms with Gasteiger partial charge < -0.3 is 4.90 Å². The standard InChI is InChI=1S/C23H17N3O5/c27-20(24(17-10-5-2-6-11-17)14-16-8-3-1-4-9-16)15-25-22(28)18-12-7-13-19(26(30)31)21(18)23(25)29/h1-13H,14-15H2. The molecule has 0 unspecified atom stereocenters. The summed E-state index contributed by atoms with van der Waals surface area (Å²) in [6.07, 6.45) is 0. The minimum absolute atomic E-state index is 0.0682. The highest BCUT2D eigenvalue weighted by atomic mass is 16.6. The van der Waals surface area contributed by atoms with E-state index >= 15 is 0 Å². The van der Waals surface area contributed by atoms with Crippen molar-refractivity contribution >= 4 is 29.1 Å². The highest BCUT2D eigenvalue weighted by Crippen LogP contribution is 2.31. The fourth-order valence-corrected chi connectivity index (χ4v) is 3.53. The summed E-state index contributed by atoms with van der Waals surface area (Å²) in [6.45, 7) is -0.280. The molecule has 0 aliphatic carbocycles. The zero-order valence-corrected chi connectivity index (χ0v) is 16.3. The lowest BCUT2D eigenvalue weighted by atomic mass is 10.1. The number of para-hydroxylation sites is 1. The van der Waals surface area contributed by atoms with Gasteiger partial charge in [-0.05, 0) is 23.8 Å². The van der Waals surface area contributed by atoms with Crippen molar-refractivity contribution < 1.29 is 19.3 Å². The Morgan fingerprint density at radius 1 is 0.871 bits per heavy atom. The molecule has 0 saturated carbocycles. The Balaban J connectivity index is 1.63. The summed E-state index contributed by atoms with van der Waals surface area (Å²) in [5.41, 5.74) is 0.688. The molecule has 0 bridgehead atoms. The van der Waals surface area contributed by atoms with E-state index in [9.17, 15) is 24.5 Å². The van der Waals surface area contributed by atoms with Gasteiger partial charge in [0.05, 0.1) is 17.0 Å². The molecule has 3 aromatic rings. The molecule has 31 heavy (non-hydrogen) atoms. The van der Waals surface area contributed by atoms with Crippen LogP contribution in [0.25, 0.3) is 0 Å². The summed E-state index contributed by atoms with van der Waals surface area (Å²) in [5.74, 6) is -2.04. The van der Waals surface area contributed by atoms with Crippen molar-refractivity contribution in [3.8, 4) is 0 Å². The molecule has 0 spiro atoms. The molecule has 3 amide bonds. The van der Waals surface area contributed by atoms with Crippen LogP contribution in [0, 0.1) is 10.1 Å². The van der Waals surface area contributed by atoms with Crippen molar-refractivity contribution in [3.63, 3.8) is 0 Å². The molecule has 1 aliphatic heterocycles. The van der Waals surface area contributed by atoms with Gasteiger partial charge in [-0.25, -0.2) is 0 Å². The van der Waals surface area contributed by atoms with E-state index in [1.54, 1.807) is 24.3 Å². The Bertz CT molecular complexity index is 1180. The van der Waals surface area contributed by atoms with E-state index < -0.39 is 34.9 Å². The van der Waals surface area contributed by atoms with Gasteiger partial charge in [-0.15, -0.1) is 0 Å². The van der Waals surface area contributed by atoms with Gasteiger partial charge in [-0.2, -0.15) is 0 Å². The molecule has 0 atom stereocenters. The summed E-state index contributed by atoms with van der Waals surface area (Å²) in [6, 6.07) is 22.1. The van der Waals surface area contributed by atoms with E-state index in [0.717, 1.165) is 10.5 Å². The van der Waals surface area contributed by atoms with Crippen molar-refractivity contribution in [3.05, 3.63) is 106 Å². The zero-order valence-electron chi connectivity index (χ0n) is 16.3. The monoisotopic (exact) mass is 415 g/mol. The number of hydrogen-bond acceptors (Lipinski definition) is 5. The van der Waals surface area contributed by atoms with Crippen LogP contribution >= 0.6 is 0 Å². The second-order valence-corrected chi connectivity index (χ2v) is 6.95. The number of nitrogens with zero attached hydrogens (tertiary/aromatic N) is 3. The average molecular weight is 415 g/mol. The maximum Gasteiger partial charge on any atom is 0.282 e. The number of hydrogen-bond donors (Lipinski definition) is 0. The first-order valence-electron chi connectivity index (χ1n) is 9.50. The SMILES string of the molecule is O=C1c2cccc([N+](=O)[O-])c2C(=O)N1CC(=O)N(Cc1ccccc1)c1ccccc1.